The molecular formula is C8H8O5P-. The molecule has 1 unspecified atom stereocenters. The van der Waals surface area contributed by atoms with Gasteiger partial charge >= 0.3 is 7.82 Å². The van der Waals surface area contributed by atoms with Gasteiger partial charge in [0.05, 0.1) is 0 Å². The number of benzene rings is 1. The molecule has 6 heteroatoms. The molecule has 76 valence electrons. The van der Waals surface area contributed by atoms with Gasteiger partial charge in [-0.25, -0.2) is 0 Å². The molecule has 0 N–H and O–H groups in total. The topological polar surface area (TPSA) is 75.7 Å². The summed E-state index contributed by atoms with van der Waals surface area (Å²) in [4.78, 5) is 21.1. The van der Waals surface area contributed by atoms with Gasteiger partial charge in [0, 0.05) is 12.7 Å². The summed E-state index contributed by atoms with van der Waals surface area (Å²) in [5.74, 6) is 0.107. The monoisotopic (exact) mass is 215 g/mol. The van der Waals surface area contributed by atoms with E-state index in [1.54, 1.807) is 0 Å². The van der Waals surface area contributed by atoms with Crippen LogP contribution in [0.3, 0.4) is 0 Å². The lowest BCUT2D eigenvalue weighted by Gasteiger charge is -2.20. The molecule has 0 fully saturated rings. The molecule has 1 rings (SSSR count). The van der Waals surface area contributed by atoms with E-state index in [4.69, 9.17) is 0 Å². The van der Waals surface area contributed by atoms with E-state index in [1.807, 2.05) is 0 Å². The highest BCUT2D eigenvalue weighted by Crippen LogP contribution is 2.38. The minimum absolute atomic E-state index is 0.107. The third-order valence-electron chi connectivity index (χ3n) is 1.46. The van der Waals surface area contributed by atoms with Crippen molar-refractivity contribution in [3.63, 3.8) is 0 Å². The molecule has 0 saturated carbocycles. The molecule has 0 radical (unpaired) electrons. The lowest BCUT2D eigenvalue weighted by atomic mass is 10.2. The van der Waals surface area contributed by atoms with E-state index >= 15 is 0 Å². The molecule has 0 heterocycles. The normalized spacial score (nSPS) is 14.4. The van der Waals surface area contributed by atoms with Crippen LogP contribution in [0, 0.1) is 0 Å². The van der Waals surface area contributed by atoms with Crippen molar-refractivity contribution in [2.24, 2.45) is 0 Å². The summed E-state index contributed by atoms with van der Waals surface area (Å²) in [5, 5.41) is 0. The fraction of sp³-hybridized carbons (Fsp3) is 0.125. The summed E-state index contributed by atoms with van der Waals surface area (Å²) in [5.41, 5.74) is 0.440. The van der Waals surface area contributed by atoms with Crippen molar-refractivity contribution in [2.45, 2.75) is 0 Å². The van der Waals surface area contributed by atoms with Crippen LogP contribution in [0.4, 0.5) is 0 Å². The van der Waals surface area contributed by atoms with Crippen LogP contribution in [0.2, 0.25) is 0 Å². The Balaban J connectivity index is 2.78. The van der Waals surface area contributed by atoms with Crippen molar-refractivity contribution in [3.8, 4) is 5.75 Å². The molecule has 14 heavy (non-hydrogen) atoms. The minimum Gasteiger partial charge on any atom is -0.746 e. The molecule has 1 aromatic rings. The molecule has 1 aromatic carbocycles. The van der Waals surface area contributed by atoms with Crippen LogP contribution in [0.5, 0.6) is 5.75 Å². The Morgan fingerprint density at radius 3 is 2.36 bits per heavy atom. The maximum atomic E-state index is 10.8. The lowest BCUT2D eigenvalue weighted by molar-refractivity contribution is -0.214. The van der Waals surface area contributed by atoms with Crippen LogP contribution >= 0.6 is 7.82 Å². The molecular weight excluding hydrogens is 207 g/mol. The molecule has 0 aliphatic rings. The number of phosphoric ester groups is 1. The molecule has 5 nitrogen and oxygen atoms in total. The Morgan fingerprint density at radius 1 is 1.36 bits per heavy atom. The summed E-state index contributed by atoms with van der Waals surface area (Å²) < 4.78 is 19.5. The Bertz CT molecular complexity index is 358. The second-order valence-corrected chi connectivity index (χ2v) is 3.85. The molecule has 0 spiro atoms. The molecule has 0 bridgehead atoms. The first kappa shape index (κ1) is 10.9. The number of phosphoric acid groups is 1. The van der Waals surface area contributed by atoms with Gasteiger partial charge in [-0.2, -0.15) is 0 Å². The number of hydrogen-bond donors (Lipinski definition) is 0. The summed E-state index contributed by atoms with van der Waals surface area (Å²) in [7, 11) is -3.25. The first-order valence-electron chi connectivity index (χ1n) is 3.69. The molecule has 0 saturated heterocycles. The van der Waals surface area contributed by atoms with E-state index in [9.17, 15) is 14.3 Å². The van der Waals surface area contributed by atoms with Gasteiger partial charge in [-0.1, -0.05) is 0 Å². The molecule has 0 aliphatic carbocycles. The Hall–Kier alpha value is -1.16. The van der Waals surface area contributed by atoms with Crippen LogP contribution in [-0.2, 0) is 9.09 Å². The zero-order valence-corrected chi connectivity index (χ0v) is 8.27. The van der Waals surface area contributed by atoms with Crippen molar-refractivity contribution in [3.05, 3.63) is 29.8 Å². The average Bonchev–Trinajstić information content (AvgIpc) is 2.19. The van der Waals surface area contributed by atoms with Crippen molar-refractivity contribution in [2.75, 3.05) is 7.11 Å². The first-order chi connectivity index (χ1) is 6.57. The zero-order chi connectivity index (χ0) is 10.6. The number of rotatable bonds is 4. The maximum Gasteiger partial charge on any atom is 0.319 e. The standard InChI is InChI=1S/C8H9O5P/c1-12-14(10,11)13-8-4-2-7(6-9)3-5-8/h2-6H,1H3,(H,10,11)/p-1. The summed E-state index contributed by atoms with van der Waals surface area (Å²) >= 11 is 0. The van der Waals surface area contributed by atoms with Gasteiger partial charge in [0.15, 0.2) is 0 Å². The number of hydrogen-bond acceptors (Lipinski definition) is 5. The second-order valence-electron chi connectivity index (χ2n) is 2.41. The SMILES string of the molecule is COP(=O)([O-])Oc1ccc(C=O)cc1. The molecule has 0 amide bonds. The van der Waals surface area contributed by atoms with Crippen LogP contribution < -0.4 is 9.42 Å². The van der Waals surface area contributed by atoms with Gasteiger partial charge in [0.25, 0.3) is 0 Å². The summed E-state index contributed by atoms with van der Waals surface area (Å²) in [6.07, 6.45) is 0.650. The van der Waals surface area contributed by atoms with Gasteiger partial charge in [-0.15, -0.1) is 0 Å². The number of carbonyl (C=O) groups excluding carboxylic acids is 1. The van der Waals surface area contributed by atoms with E-state index in [1.165, 1.54) is 24.3 Å². The average molecular weight is 215 g/mol. The predicted molar refractivity (Wildman–Crippen MR) is 47.1 cm³/mol. The van der Waals surface area contributed by atoms with Gasteiger partial charge in [-0.05, 0) is 24.3 Å². The van der Waals surface area contributed by atoms with E-state index in [-0.39, 0.29) is 5.75 Å². The molecule has 1 atom stereocenters. The fourth-order valence-corrected chi connectivity index (χ4v) is 1.23. The Kier molecular flexibility index (Phi) is 3.41. The largest absolute Gasteiger partial charge is 0.746 e. The van der Waals surface area contributed by atoms with E-state index in [0.717, 1.165) is 7.11 Å². The quantitative estimate of drug-likeness (QED) is 0.553. The summed E-state index contributed by atoms with van der Waals surface area (Å²) in [6.45, 7) is 0. The van der Waals surface area contributed by atoms with E-state index < -0.39 is 7.82 Å². The summed E-state index contributed by atoms with van der Waals surface area (Å²) in [6, 6.07) is 5.62. The smallest absolute Gasteiger partial charge is 0.319 e. The van der Waals surface area contributed by atoms with Gasteiger partial charge in [-0.3, -0.25) is 9.36 Å². The van der Waals surface area contributed by atoms with Crippen molar-refractivity contribution < 1.29 is 23.3 Å². The fourth-order valence-electron chi connectivity index (χ4n) is 0.774. The van der Waals surface area contributed by atoms with Gasteiger partial charge < -0.3 is 13.9 Å². The van der Waals surface area contributed by atoms with Crippen molar-refractivity contribution in [1.82, 2.24) is 0 Å². The first-order valence-corrected chi connectivity index (χ1v) is 5.15. The number of aldehydes is 1. The van der Waals surface area contributed by atoms with Crippen LogP contribution in [0.15, 0.2) is 24.3 Å². The molecule has 0 aromatic heterocycles. The van der Waals surface area contributed by atoms with Crippen LogP contribution in [0.1, 0.15) is 10.4 Å². The highest BCUT2D eigenvalue weighted by atomic mass is 31.2. The Morgan fingerprint density at radius 2 is 1.93 bits per heavy atom. The lowest BCUT2D eigenvalue weighted by Crippen LogP contribution is -2.08. The van der Waals surface area contributed by atoms with Crippen molar-refractivity contribution in [1.29, 1.82) is 0 Å². The third kappa shape index (κ3) is 2.96. The second kappa shape index (κ2) is 4.37. The minimum atomic E-state index is -4.26. The maximum absolute atomic E-state index is 10.8. The Labute approximate surface area is 80.9 Å². The van der Waals surface area contributed by atoms with E-state index in [2.05, 4.69) is 9.05 Å². The zero-order valence-electron chi connectivity index (χ0n) is 7.38. The van der Waals surface area contributed by atoms with Crippen LogP contribution in [-0.4, -0.2) is 13.4 Å². The molecule has 0 aliphatic heterocycles. The van der Waals surface area contributed by atoms with Gasteiger partial charge in [0.2, 0.25) is 0 Å². The highest BCUT2D eigenvalue weighted by molar-refractivity contribution is 7.46. The highest BCUT2D eigenvalue weighted by Gasteiger charge is 2.07. The van der Waals surface area contributed by atoms with Gasteiger partial charge in [0.1, 0.15) is 12.0 Å². The van der Waals surface area contributed by atoms with E-state index in [0.29, 0.717) is 11.8 Å². The predicted octanol–water partition coefficient (Wildman–Crippen LogP) is 0.993. The third-order valence-corrected chi connectivity index (χ3v) is 2.34. The van der Waals surface area contributed by atoms with Crippen molar-refractivity contribution >= 4 is 14.1 Å². The number of carbonyl (C=O) groups is 1. The van der Waals surface area contributed by atoms with Crippen LogP contribution in [0.25, 0.3) is 0 Å².